The van der Waals surface area contributed by atoms with E-state index in [1.54, 1.807) is 29.0 Å². The van der Waals surface area contributed by atoms with E-state index in [-0.39, 0.29) is 24.3 Å². The second-order valence-corrected chi connectivity index (χ2v) is 11.4. The summed E-state index contributed by atoms with van der Waals surface area (Å²) in [6.07, 6.45) is 7.24. The fourth-order valence-electron chi connectivity index (χ4n) is 7.08. The molecule has 1 aromatic carbocycles. The molecule has 1 aromatic rings. The van der Waals surface area contributed by atoms with Crippen molar-refractivity contribution in [3.05, 3.63) is 61.2 Å². The standard InChI is InChI=1S/C31H43N3O5/c1-6-9-13-20-33(19-8-3)29(38)26-31-17-16-30(4,39-31)24(27(36)32(5)18-7-2)25(31)28(37)34(26)23(21-35)22-14-11-10-12-15-22/h7-8,10-12,14-15,23-26,35H,2-3,6,9,13,16-21H2,1,4-5H3/t23-,24+,25+,26?,30-,31?/m1/s1. The van der Waals surface area contributed by atoms with Gasteiger partial charge in [-0.2, -0.15) is 0 Å². The van der Waals surface area contributed by atoms with E-state index in [9.17, 15) is 19.5 Å². The summed E-state index contributed by atoms with van der Waals surface area (Å²) in [6.45, 7) is 12.5. The Morgan fingerprint density at radius 3 is 2.46 bits per heavy atom. The number of hydrogen-bond acceptors (Lipinski definition) is 5. The molecule has 39 heavy (non-hydrogen) atoms. The molecule has 0 saturated carbocycles. The van der Waals surface area contributed by atoms with Gasteiger partial charge in [0.1, 0.15) is 11.6 Å². The van der Waals surface area contributed by atoms with Gasteiger partial charge in [-0.15, -0.1) is 13.2 Å². The van der Waals surface area contributed by atoms with Gasteiger partial charge in [0, 0.05) is 26.7 Å². The molecule has 1 N–H and O–H groups in total. The van der Waals surface area contributed by atoms with Gasteiger partial charge in [0.05, 0.1) is 30.1 Å². The Hall–Kier alpha value is -2.97. The third-order valence-electron chi connectivity index (χ3n) is 8.88. The van der Waals surface area contributed by atoms with Crippen LogP contribution in [0.3, 0.4) is 0 Å². The van der Waals surface area contributed by atoms with Crippen molar-refractivity contribution >= 4 is 17.7 Å². The normalized spacial score (nSPS) is 29.7. The summed E-state index contributed by atoms with van der Waals surface area (Å²) in [5, 5.41) is 10.6. The lowest BCUT2D eigenvalue weighted by Crippen LogP contribution is -2.57. The number of aliphatic hydroxyl groups excluding tert-OH is 1. The third-order valence-corrected chi connectivity index (χ3v) is 8.88. The number of likely N-dealkylation sites (tertiary alicyclic amines) is 1. The number of likely N-dealkylation sites (N-methyl/N-ethyl adjacent to an activating group) is 1. The van der Waals surface area contributed by atoms with Crippen LogP contribution in [0.2, 0.25) is 0 Å². The zero-order valence-electron chi connectivity index (χ0n) is 23.6. The Bertz CT molecular complexity index is 1090. The molecule has 2 bridgehead atoms. The molecule has 0 radical (unpaired) electrons. The van der Waals surface area contributed by atoms with Crippen LogP contribution in [-0.2, 0) is 19.1 Å². The first-order valence-electron chi connectivity index (χ1n) is 14.1. The van der Waals surface area contributed by atoms with Gasteiger partial charge in [-0.25, -0.2) is 0 Å². The molecule has 3 saturated heterocycles. The van der Waals surface area contributed by atoms with Gasteiger partial charge in [-0.1, -0.05) is 62.2 Å². The largest absolute Gasteiger partial charge is 0.394 e. The SMILES string of the molecule is C=CCN(C)C(=O)[C@@H]1[C@H]2C(=O)N([C@H](CO)c3ccccc3)C(C(=O)N(CC=C)CCCCC)C23CC[C@@]1(C)O3. The predicted octanol–water partition coefficient (Wildman–Crippen LogP) is 3.33. The molecular formula is C31H43N3O5. The molecule has 0 aromatic heterocycles. The fourth-order valence-corrected chi connectivity index (χ4v) is 7.08. The van der Waals surface area contributed by atoms with Crippen molar-refractivity contribution in [2.24, 2.45) is 11.8 Å². The summed E-state index contributed by atoms with van der Waals surface area (Å²) in [4.78, 5) is 47.6. The average Bonchev–Trinajstić information content (AvgIpc) is 3.50. The monoisotopic (exact) mass is 537 g/mol. The Balaban J connectivity index is 1.83. The highest BCUT2D eigenvalue weighted by Gasteiger charge is 2.78. The van der Waals surface area contributed by atoms with Gasteiger partial charge in [-0.05, 0) is 31.7 Å². The molecule has 3 aliphatic heterocycles. The fraction of sp³-hybridized carbons (Fsp3) is 0.581. The second kappa shape index (κ2) is 11.6. The van der Waals surface area contributed by atoms with E-state index in [4.69, 9.17) is 4.74 Å². The van der Waals surface area contributed by atoms with Crippen molar-refractivity contribution in [2.45, 2.75) is 69.2 Å². The maximum Gasteiger partial charge on any atom is 0.248 e. The van der Waals surface area contributed by atoms with Gasteiger partial charge in [-0.3, -0.25) is 14.4 Å². The zero-order chi connectivity index (χ0) is 28.4. The molecular weight excluding hydrogens is 494 g/mol. The summed E-state index contributed by atoms with van der Waals surface area (Å²) in [7, 11) is 1.70. The first-order chi connectivity index (χ1) is 18.7. The number of benzene rings is 1. The van der Waals surface area contributed by atoms with Crippen LogP contribution in [0.15, 0.2) is 55.6 Å². The molecule has 212 valence electrons. The number of rotatable bonds is 13. The molecule has 1 spiro atoms. The van der Waals surface area contributed by atoms with Gasteiger partial charge in [0.2, 0.25) is 17.7 Å². The van der Waals surface area contributed by atoms with Crippen molar-refractivity contribution < 1.29 is 24.2 Å². The summed E-state index contributed by atoms with van der Waals surface area (Å²) in [5.74, 6) is -2.25. The summed E-state index contributed by atoms with van der Waals surface area (Å²) < 4.78 is 6.76. The quantitative estimate of drug-likeness (QED) is 0.308. The summed E-state index contributed by atoms with van der Waals surface area (Å²) >= 11 is 0. The lowest BCUT2D eigenvalue weighted by molar-refractivity contribution is -0.156. The molecule has 3 aliphatic rings. The highest BCUT2D eigenvalue weighted by Crippen LogP contribution is 2.64. The Labute approximate surface area is 232 Å². The molecule has 4 rings (SSSR count). The maximum atomic E-state index is 14.5. The van der Waals surface area contributed by atoms with Gasteiger partial charge >= 0.3 is 0 Å². The Morgan fingerprint density at radius 1 is 1.15 bits per heavy atom. The Morgan fingerprint density at radius 2 is 1.85 bits per heavy atom. The molecule has 3 heterocycles. The van der Waals surface area contributed by atoms with E-state index in [2.05, 4.69) is 20.1 Å². The van der Waals surface area contributed by atoms with Crippen LogP contribution in [-0.4, -0.2) is 88.1 Å². The summed E-state index contributed by atoms with van der Waals surface area (Å²) in [5.41, 5.74) is -1.27. The van der Waals surface area contributed by atoms with E-state index >= 15 is 0 Å². The van der Waals surface area contributed by atoms with Crippen molar-refractivity contribution in [1.29, 1.82) is 0 Å². The van der Waals surface area contributed by atoms with Crippen molar-refractivity contribution in [1.82, 2.24) is 14.7 Å². The van der Waals surface area contributed by atoms with Crippen LogP contribution in [0, 0.1) is 11.8 Å². The number of ether oxygens (including phenoxy) is 1. The van der Waals surface area contributed by atoms with Gasteiger partial charge in [0.25, 0.3) is 0 Å². The molecule has 3 amide bonds. The number of unbranched alkanes of at least 4 members (excludes halogenated alkanes) is 2. The van der Waals surface area contributed by atoms with Gasteiger partial charge < -0.3 is 24.5 Å². The van der Waals surface area contributed by atoms with E-state index in [0.29, 0.717) is 32.5 Å². The molecule has 3 fully saturated rings. The number of fused-ring (bicyclic) bond motifs is 1. The van der Waals surface area contributed by atoms with Crippen LogP contribution < -0.4 is 0 Å². The third kappa shape index (κ3) is 4.82. The van der Waals surface area contributed by atoms with Crippen LogP contribution in [0.1, 0.15) is 57.6 Å². The minimum Gasteiger partial charge on any atom is -0.394 e. The molecule has 8 heteroatoms. The van der Waals surface area contributed by atoms with Crippen LogP contribution >= 0.6 is 0 Å². The van der Waals surface area contributed by atoms with E-state index in [0.717, 1.165) is 24.8 Å². The number of hydrogen-bond donors (Lipinski definition) is 1. The topological polar surface area (TPSA) is 90.4 Å². The zero-order valence-corrected chi connectivity index (χ0v) is 23.6. The van der Waals surface area contributed by atoms with Crippen LogP contribution in [0.4, 0.5) is 0 Å². The number of carbonyl (C=O) groups is 3. The Kier molecular flexibility index (Phi) is 8.66. The second-order valence-electron chi connectivity index (χ2n) is 11.4. The van der Waals surface area contributed by atoms with Crippen molar-refractivity contribution in [2.75, 3.05) is 33.3 Å². The van der Waals surface area contributed by atoms with Crippen molar-refractivity contribution in [3.8, 4) is 0 Å². The van der Waals surface area contributed by atoms with E-state index in [1.165, 1.54) is 4.90 Å². The minimum absolute atomic E-state index is 0.184. The van der Waals surface area contributed by atoms with Crippen LogP contribution in [0.25, 0.3) is 0 Å². The number of amides is 3. The minimum atomic E-state index is -1.15. The lowest BCUT2D eigenvalue weighted by atomic mass is 9.66. The van der Waals surface area contributed by atoms with Gasteiger partial charge in [0.15, 0.2) is 0 Å². The summed E-state index contributed by atoms with van der Waals surface area (Å²) in [6, 6.07) is 7.57. The van der Waals surface area contributed by atoms with Crippen LogP contribution in [0.5, 0.6) is 0 Å². The molecule has 6 atom stereocenters. The lowest BCUT2D eigenvalue weighted by Gasteiger charge is -2.39. The maximum absolute atomic E-state index is 14.5. The first-order valence-corrected chi connectivity index (χ1v) is 14.1. The average molecular weight is 538 g/mol. The van der Waals surface area contributed by atoms with E-state index in [1.807, 2.05) is 37.3 Å². The first kappa shape index (κ1) is 29.0. The molecule has 2 unspecified atom stereocenters. The smallest absolute Gasteiger partial charge is 0.248 e. The number of nitrogens with zero attached hydrogens (tertiary/aromatic N) is 3. The molecule has 0 aliphatic carbocycles. The molecule has 8 nitrogen and oxygen atoms in total. The number of aliphatic hydroxyl groups is 1. The van der Waals surface area contributed by atoms with Crippen molar-refractivity contribution in [3.63, 3.8) is 0 Å². The number of carbonyl (C=O) groups excluding carboxylic acids is 3. The van der Waals surface area contributed by atoms with E-state index < -0.39 is 35.1 Å². The predicted molar refractivity (Wildman–Crippen MR) is 149 cm³/mol. The highest BCUT2D eigenvalue weighted by molar-refractivity contribution is 5.99. The highest BCUT2D eigenvalue weighted by atomic mass is 16.5.